The molecule has 1 amide bonds. The highest BCUT2D eigenvalue weighted by atomic mass is 79.9. The highest BCUT2D eigenvalue weighted by molar-refractivity contribution is 9.10. The molecule has 6 nitrogen and oxygen atoms in total. The fourth-order valence-electron chi connectivity index (χ4n) is 3.04. The molecule has 1 aromatic carbocycles. The maximum atomic E-state index is 12.6. The summed E-state index contributed by atoms with van der Waals surface area (Å²) in [5.74, 6) is 0.181. The first-order valence-electron chi connectivity index (χ1n) is 9.09. The van der Waals surface area contributed by atoms with Crippen molar-refractivity contribution >= 4 is 39.3 Å². The Balaban J connectivity index is 1.58. The minimum atomic E-state index is -0.266. The summed E-state index contributed by atoms with van der Waals surface area (Å²) in [7, 11) is 1.88. The van der Waals surface area contributed by atoms with Crippen molar-refractivity contribution in [2.24, 2.45) is 7.05 Å². The molecular formula is C22H17BrClN5O. The molecule has 0 saturated heterocycles. The standard InChI is InChI=1S/C22H17BrClN5O/c1-13-18(10-25-11-19(13)23)22(30)28-21-6-4-15(8-26-21)17-7-14(3-5-20(17)24)16-9-27-29(2)12-16/h3-12H,1-2H3,(H,26,28,30). The van der Waals surface area contributed by atoms with E-state index in [0.29, 0.717) is 16.4 Å². The summed E-state index contributed by atoms with van der Waals surface area (Å²) in [5.41, 5.74) is 5.03. The lowest BCUT2D eigenvalue weighted by atomic mass is 10.0. The molecule has 4 aromatic rings. The van der Waals surface area contributed by atoms with E-state index >= 15 is 0 Å². The molecule has 0 aliphatic rings. The van der Waals surface area contributed by atoms with Gasteiger partial charge in [0.25, 0.3) is 5.91 Å². The van der Waals surface area contributed by atoms with Crippen LogP contribution in [0.15, 0.2) is 65.8 Å². The Morgan fingerprint density at radius 1 is 1.07 bits per heavy atom. The Morgan fingerprint density at radius 2 is 1.87 bits per heavy atom. The monoisotopic (exact) mass is 481 g/mol. The molecular weight excluding hydrogens is 466 g/mol. The summed E-state index contributed by atoms with van der Waals surface area (Å²) in [6.07, 6.45) is 8.64. The van der Waals surface area contributed by atoms with Gasteiger partial charge in [0.1, 0.15) is 5.82 Å². The molecule has 3 heterocycles. The van der Waals surface area contributed by atoms with Crippen molar-refractivity contribution in [2.75, 3.05) is 5.32 Å². The third kappa shape index (κ3) is 4.13. The third-order valence-corrected chi connectivity index (χ3v) is 5.85. The fraction of sp³-hybridized carbons (Fsp3) is 0.0909. The van der Waals surface area contributed by atoms with E-state index in [0.717, 1.165) is 32.3 Å². The summed E-state index contributed by atoms with van der Waals surface area (Å²) >= 11 is 9.82. The van der Waals surface area contributed by atoms with Crippen LogP contribution < -0.4 is 5.32 Å². The fourth-order valence-corrected chi connectivity index (χ4v) is 3.59. The number of benzene rings is 1. The molecule has 0 aliphatic carbocycles. The van der Waals surface area contributed by atoms with Crippen molar-refractivity contribution in [3.05, 3.63) is 81.9 Å². The van der Waals surface area contributed by atoms with Crippen LogP contribution in [-0.4, -0.2) is 25.7 Å². The molecule has 0 fully saturated rings. The Labute approximate surface area is 187 Å². The van der Waals surface area contributed by atoms with Gasteiger partial charge in [0.2, 0.25) is 0 Å². The summed E-state index contributed by atoms with van der Waals surface area (Å²) in [6, 6.07) is 9.45. The highest BCUT2D eigenvalue weighted by Gasteiger charge is 2.13. The topological polar surface area (TPSA) is 72.7 Å². The van der Waals surface area contributed by atoms with E-state index in [4.69, 9.17) is 11.6 Å². The van der Waals surface area contributed by atoms with Crippen molar-refractivity contribution in [2.45, 2.75) is 6.92 Å². The highest BCUT2D eigenvalue weighted by Crippen LogP contribution is 2.32. The van der Waals surface area contributed by atoms with Gasteiger partial charge in [0, 0.05) is 58.0 Å². The van der Waals surface area contributed by atoms with E-state index in [1.807, 2.05) is 50.6 Å². The van der Waals surface area contributed by atoms with E-state index in [9.17, 15) is 4.79 Å². The quantitative estimate of drug-likeness (QED) is 0.416. The lowest BCUT2D eigenvalue weighted by Crippen LogP contribution is -2.14. The molecule has 8 heteroatoms. The Kier molecular flexibility index (Phi) is 5.65. The molecule has 3 aromatic heterocycles. The summed E-state index contributed by atoms with van der Waals surface area (Å²) in [6.45, 7) is 1.86. The number of hydrogen-bond acceptors (Lipinski definition) is 4. The number of rotatable bonds is 4. The van der Waals surface area contributed by atoms with Gasteiger partial charge in [-0.05, 0) is 58.2 Å². The number of aromatic nitrogens is 4. The first kappa shape index (κ1) is 20.3. The van der Waals surface area contributed by atoms with Crippen molar-refractivity contribution in [1.29, 1.82) is 0 Å². The summed E-state index contributed by atoms with van der Waals surface area (Å²) in [5, 5.41) is 7.64. The predicted octanol–water partition coefficient (Wildman–Crippen LogP) is 5.52. The molecule has 0 bridgehead atoms. The van der Waals surface area contributed by atoms with E-state index < -0.39 is 0 Å². The van der Waals surface area contributed by atoms with Gasteiger partial charge in [0.15, 0.2) is 0 Å². The zero-order chi connectivity index (χ0) is 21.3. The first-order valence-corrected chi connectivity index (χ1v) is 10.3. The average molecular weight is 483 g/mol. The van der Waals surface area contributed by atoms with Crippen LogP contribution in [-0.2, 0) is 7.05 Å². The van der Waals surface area contributed by atoms with Crippen LogP contribution >= 0.6 is 27.5 Å². The van der Waals surface area contributed by atoms with Gasteiger partial charge in [-0.1, -0.05) is 17.7 Å². The molecule has 0 spiro atoms. The minimum Gasteiger partial charge on any atom is -0.307 e. The number of hydrogen-bond donors (Lipinski definition) is 1. The molecule has 0 aliphatic heterocycles. The third-order valence-electron chi connectivity index (χ3n) is 4.72. The Morgan fingerprint density at radius 3 is 2.57 bits per heavy atom. The van der Waals surface area contributed by atoms with Crippen molar-refractivity contribution in [3.8, 4) is 22.3 Å². The van der Waals surface area contributed by atoms with E-state index in [2.05, 4.69) is 36.3 Å². The van der Waals surface area contributed by atoms with Gasteiger partial charge < -0.3 is 5.32 Å². The Hall–Kier alpha value is -3.03. The lowest BCUT2D eigenvalue weighted by Gasteiger charge is -2.10. The van der Waals surface area contributed by atoms with E-state index in [1.54, 1.807) is 23.1 Å². The molecule has 0 unspecified atom stereocenters. The van der Waals surface area contributed by atoms with Crippen LogP contribution in [0.25, 0.3) is 22.3 Å². The smallest absolute Gasteiger partial charge is 0.258 e. The number of carbonyl (C=O) groups is 1. The van der Waals surface area contributed by atoms with Gasteiger partial charge >= 0.3 is 0 Å². The zero-order valence-corrected chi connectivity index (χ0v) is 18.6. The van der Waals surface area contributed by atoms with E-state index in [1.165, 1.54) is 6.20 Å². The second-order valence-electron chi connectivity index (χ2n) is 6.78. The molecule has 30 heavy (non-hydrogen) atoms. The average Bonchev–Trinajstić information content (AvgIpc) is 3.17. The maximum Gasteiger partial charge on any atom is 0.258 e. The number of carbonyl (C=O) groups excluding carboxylic acids is 1. The molecule has 0 radical (unpaired) electrons. The number of nitrogens with zero attached hydrogens (tertiary/aromatic N) is 4. The number of aryl methyl sites for hydroxylation is 1. The van der Waals surface area contributed by atoms with Gasteiger partial charge in [-0.3, -0.25) is 14.5 Å². The summed E-state index contributed by atoms with van der Waals surface area (Å²) in [4.78, 5) is 21.0. The van der Waals surface area contributed by atoms with Crippen LogP contribution in [0.4, 0.5) is 5.82 Å². The van der Waals surface area contributed by atoms with Gasteiger partial charge in [-0.15, -0.1) is 0 Å². The van der Waals surface area contributed by atoms with Crippen molar-refractivity contribution in [1.82, 2.24) is 19.7 Å². The molecule has 0 atom stereocenters. The Bertz CT molecular complexity index is 1240. The molecule has 4 rings (SSSR count). The predicted molar refractivity (Wildman–Crippen MR) is 122 cm³/mol. The normalized spacial score (nSPS) is 10.8. The minimum absolute atomic E-state index is 0.266. The van der Waals surface area contributed by atoms with Crippen molar-refractivity contribution in [3.63, 3.8) is 0 Å². The van der Waals surface area contributed by atoms with Crippen LogP contribution in [0.1, 0.15) is 15.9 Å². The number of nitrogens with one attached hydrogen (secondary N) is 1. The summed E-state index contributed by atoms with van der Waals surface area (Å²) < 4.78 is 2.53. The molecule has 150 valence electrons. The second-order valence-corrected chi connectivity index (χ2v) is 8.04. The number of amides is 1. The maximum absolute atomic E-state index is 12.6. The van der Waals surface area contributed by atoms with Crippen molar-refractivity contribution < 1.29 is 4.79 Å². The SMILES string of the molecule is Cc1c(Br)cncc1C(=O)Nc1ccc(-c2cc(-c3cnn(C)c3)ccc2Cl)cn1. The molecule has 0 saturated carbocycles. The van der Waals surface area contributed by atoms with E-state index in [-0.39, 0.29) is 5.91 Å². The largest absolute Gasteiger partial charge is 0.307 e. The van der Waals surface area contributed by atoms with Gasteiger partial charge in [-0.25, -0.2) is 4.98 Å². The lowest BCUT2D eigenvalue weighted by molar-refractivity contribution is 0.102. The second kappa shape index (κ2) is 8.38. The van der Waals surface area contributed by atoms with Crippen LogP contribution in [0.2, 0.25) is 5.02 Å². The van der Waals surface area contributed by atoms with Crippen LogP contribution in [0.5, 0.6) is 0 Å². The number of halogens is 2. The van der Waals surface area contributed by atoms with Gasteiger partial charge in [0.05, 0.1) is 11.8 Å². The number of anilines is 1. The van der Waals surface area contributed by atoms with Crippen LogP contribution in [0.3, 0.4) is 0 Å². The van der Waals surface area contributed by atoms with Crippen LogP contribution in [0, 0.1) is 6.92 Å². The van der Waals surface area contributed by atoms with Gasteiger partial charge in [-0.2, -0.15) is 5.10 Å². The molecule has 1 N–H and O–H groups in total. The number of pyridine rings is 2. The zero-order valence-electron chi connectivity index (χ0n) is 16.2. The first-order chi connectivity index (χ1) is 14.4.